The average molecular weight is 314 g/mol. The highest BCUT2D eigenvalue weighted by Gasteiger charge is 2.19. The molecule has 0 radical (unpaired) electrons. The number of amides is 1. The van der Waals surface area contributed by atoms with Crippen molar-refractivity contribution >= 4 is 5.91 Å². The van der Waals surface area contributed by atoms with E-state index in [4.69, 9.17) is 0 Å². The number of aliphatic hydroxyl groups excluding tert-OH is 1. The number of nitrogens with one attached hydrogen (secondary N) is 1. The maximum absolute atomic E-state index is 12.2. The molecule has 124 valence electrons. The normalized spacial score (nSPS) is 20.0. The predicted molar refractivity (Wildman–Crippen MR) is 91.2 cm³/mol. The largest absolute Gasteiger partial charge is 0.396 e. The van der Waals surface area contributed by atoms with Crippen molar-refractivity contribution in [3.8, 4) is 0 Å². The van der Waals surface area contributed by atoms with Crippen molar-refractivity contribution in [1.82, 2.24) is 10.2 Å². The van der Waals surface area contributed by atoms with Gasteiger partial charge >= 0.3 is 0 Å². The minimum atomic E-state index is 0.0222. The van der Waals surface area contributed by atoms with Crippen LogP contribution in [0, 0.1) is 5.92 Å². The summed E-state index contributed by atoms with van der Waals surface area (Å²) in [5.41, 5.74) is 1.98. The quantitative estimate of drug-likeness (QED) is 0.820. The van der Waals surface area contributed by atoms with E-state index in [0.29, 0.717) is 12.5 Å². The molecule has 4 nitrogen and oxygen atoms in total. The van der Waals surface area contributed by atoms with Gasteiger partial charge in [0.25, 0.3) is 5.91 Å². The summed E-state index contributed by atoms with van der Waals surface area (Å²) < 4.78 is 0. The summed E-state index contributed by atoms with van der Waals surface area (Å²) in [5, 5.41) is 12.3. The highest BCUT2D eigenvalue weighted by atomic mass is 16.3. The Hall–Kier alpha value is -1.65. The van der Waals surface area contributed by atoms with Gasteiger partial charge in [0, 0.05) is 24.8 Å². The number of likely N-dealkylation sites (tertiary alicyclic amines) is 1. The second kappa shape index (κ2) is 7.75. The Morgan fingerprint density at radius 3 is 2.39 bits per heavy atom. The molecule has 2 aliphatic rings. The Kier molecular flexibility index (Phi) is 5.47. The van der Waals surface area contributed by atoms with Crippen LogP contribution in [0.15, 0.2) is 36.4 Å². The topological polar surface area (TPSA) is 52.6 Å². The number of hydrogen-bond acceptors (Lipinski definition) is 3. The van der Waals surface area contributed by atoms with Crippen molar-refractivity contribution < 1.29 is 9.90 Å². The van der Waals surface area contributed by atoms with Gasteiger partial charge in [-0.15, -0.1) is 0 Å². The maximum Gasteiger partial charge on any atom is 0.251 e. The summed E-state index contributed by atoms with van der Waals surface area (Å²) in [6, 6.07) is 8.22. The van der Waals surface area contributed by atoms with Crippen LogP contribution in [0.25, 0.3) is 0 Å². The number of rotatable bonds is 5. The van der Waals surface area contributed by atoms with Gasteiger partial charge < -0.3 is 10.4 Å². The molecule has 0 saturated carbocycles. The molecule has 4 heteroatoms. The monoisotopic (exact) mass is 314 g/mol. The highest BCUT2D eigenvalue weighted by Crippen LogP contribution is 2.18. The Morgan fingerprint density at radius 1 is 1.13 bits per heavy atom. The van der Waals surface area contributed by atoms with E-state index in [1.54, 1.807) is 0 Å². The van der Waals surface area contributed by atoms with Gasteiger partial charge in [-0.1, -0.05) is 24.3 Å². The van der Waals surface area contributed by atoms with Gasteiger partial charge in [-0.3, -0.25) is 9.69 Å². The van der Waals surface area contributed by atoms with Crippen molar-refractivity contribution in [2.75, 3.05) is 19.7 Å². The van der Waals surface area contributed by atoms with Gasteiger partial charge in [-0.05, 0) is 62.4 Å². The Morgan fingerprint density at radius 2 is 1.78 bits per heavy atom. The summed E-state index contributed by atoms with van der Waals surface area (Å²) >= 11 is 0. The summed E-state index contributed by atoms with van der Waals surface area (Å²) in [6.07, 6.45) is 8.27. The molecule has 1 amide bonds. The fourth-order valence-corrected chi connectivity index (χ4v) is 3.35. The lowest BCUT2D eigenvalue weighted by Gasteiger charge is -2.31. The van der Waals surface area contributed by atoms with E-state index in [2.05, 4.69) is 34.5 Å². The van der Waals surface area contributed by atoms with Gasteiger partial charge in [0.15, 0.2) is 0 Å². The second-order valence-corrected chi connectivity index (χ2v) is 6.71. The standard InChI is InChI=1S/C19H26N2O2/c22-14-16-9-11-21(12-10-16)13-15-5-7-17(8-6-15)19(23)20-18-3-1-2-4-18/h1-2,5-8,16,18,22H,3-4,9-14H2,(H,20,23). The Bertz CT molecular complexity index is 537. The molecule has 1 aliphatic carbocycles. The smallest absolute Gasteiger partial charge is 0.251 e. The summed E-state index contributed by atoms with van der Waals surface area (Å²) in [6.45, 7) is 3.32. The van der Waals surface area contributed by atoms with Crippen LogP contribution in [0.3, 0.4) is 0 Å². The molecule has 0 spiro atoms. The number of piperidine rings is 1. The summed E-state index contributed by atoms with van der Waals surface area (Å²) in [5.74, 6) is 0.497. The van der Waals surface area contributed by atoms with E-state index in [-0.39, 0.29) is 11.9 Å². The molecule has 1 fully saturated rings. The van der Waals surface area contributed by atoms with E-state index in [9.17, 15) is 9.90 Å². The van der Waals surface area contributed by atoms with Crippen molar-refractivity contribution in [3.63, 3.8) is 0 Å². The third kappa shape index (κ3) is 4.43. The van der Waals surface area contributed by atoms with Crippen LogP contribution < -0.4 is 5.32 Å². The zero-order chi connectivity index (χ0) is 16.1. The summed E-state index contributed by atoms with van der Waals surface area (Å²) in [4.78, 5) is 14.6. The molecule has 1 aromatic rings. The summed E-state index contributed by atoms with van der Waals surface area (Å²) in [7, 11) is 0. The first-order valence-corrected chi connectivity index (χ1v) is 8.62. The molecule has 1 saturated heterocycles. The number of nitrogens with zero attached hydrogens (tertiary/aromatic N) is 1. The number of carbonyl (C=O) groups excluding carboxylic acids is 1. The number of carbonyl (C=O) groups is 1. The van der Waals surface area contributed by atoms with Crippen LogP contribution in [0.5, 0.6) is 0 Å². The van der Waals surface area contributed by atoms with E-state index < -0.39 is 0 Å². The first-order valence-electron chi connectivity index (χ1n) is 8.62. The molecular weight excluding hydrogens is 288 g/mol. The molecular formula is C19H26N2O2. The van der Waals surface area contributed by atoms with Crippen molar-refractivity contribution in [1.29, 1.82) is 0 Å². The first-order chi connectivity index (χ1) is 11.2. The van der Waals surface area contributed by atoms with E-state index in [1.165, 1.54) is 5.56 Å². The Labute approximate surface area is 138 Å². The molecule has 1 aromatic carbocycles. The molecule has 1 aliphatic heterocycles. The van der Waals surface area contributed by atoms with Gasteiger partial charge in [-0.25, -0.2) is 0 Å². The SMILES string of the molecule is O=C(NC1CC=CC1)c1ccc(CN2CCC(CO)CC2)cc1. The fraction of sp³-hybridized carbons (Fsp3) is 0.526. The molecule has 2 N–H and O–H groups in total. The van der Waals surface area contributed by atoms with Crippen molar-refractivity contribution in [3.05, 3.63) is 47.5 Å². The molecule has 0 bridgehead atoms. The number of hydrogen-bond donors (Lipinski definition) is 2. The van der Waals surface area contributed by atoms with E-state index >= 15 is 0 Å². The van der Waals surface area contributed by atoms with Crippen molar-refractivity contribution in [2.24, 2.45) is 5.92 Å². The minimum absolute atomic E-state index is 0.0222. The second-order valence-electron chi connectivity index (χ2n) is 6.71. The molecule has 0 aromatic heterocycles. The van der Waals surface area contributed by atoms with Crippen LogP contribution in [-0.2, 0) is 6.54 Å². The van der Waals surface area contributed by atoms with Crippen LogP contribution in [-0.4, -0.2) is 41.7 Å². The van der Waals surface area contributed by atoms with Crippen LogP contribution in [0.4, 0.5) is 0 Å². The van der Waals surface area contributed by atoms with Gasteiger partial charge in [0.1, 0.15) is 0 Å². The first kappa shape index (κ1) is 16.2. The van der Waals surface area contributed by atoms with Crippen molar-refractivity contribution in [2.45, 2.75) is 38.3 Å². The maximum atomic E-state index is 12.2. The van der Waals surface area contributed by atoms with Gasteiger partial charge in [-0.2, -0.15) is 0 Å². The number of aliphatic hydroxyl groups is 1. The van der Waals surface area contributed by atoms with E-state index in [0.717, 1.165) is 50.9 Å². The third-order valence-electron chi connectivity index (χ3n) is 4.93. The lowest BCUT2D eigenvalue weighted by atomic mass is 9.97. The fourth-order valence-electron chi connectivity index (χ4n) is 3.35. The zero-order valence-electron chi connectivity index (χ0n) is 13.6. The van der Waals surface area contributed by atoms with Gasteiger partial charge in [0.05, 0.1) is 0 Å². The molecule has 3 rings (SSSR count). The predicted octanol–water partition coefficient (Wildman–Crippen LogP) is 2.34. The highest BCUT2D eigenvalue weighted by molar-refractivity contribution is 5.94. The van der Waals surface area contributed by atoms with E-state index in [1.807, 2.05) is 12.1 Å². The van der Waals surface area contributed by atoms with Crippen LogP contribution in [0.2, 0.25) is 0 Å². The molecule has 1 heterocycles. The average Bonchev–Trinajstić information content (AvgIpc) is 3.09. The Balaban J connectivity index is 1.49. The minimum Gasteiger partial charge on any atom is -0.396 e. The zero-order valence-corrected chi connectivity index (χ0v) is 13.6. The molecule has 0 atom stereocenters. The lowest BCUT2D eigenvalue weighted by Crippen LogP contribution is -2.34. The third-order valence-corrected chi connectivity index (χ3v) is 4.93. The molecule has 23 heavy (non-hydrogen) atoms. The molecule has 0 unspecified atom stereocenters. The van der Waals surface area contributed by atoms with Crippen LogP contribution in [0.1, 0.15) is 41.6 Å². The van der Waals surface area contributed by atoms with Crippen LogP contribution >= 0.6 is 0 Å². The lowest BCUT2D eigenvalue weighted by molar-refractivity contribution is 0.0939. The number of benzene rings is 1. The van der Waals surface area contributed by atoms with Gasteiger partial charge in [0.2, 0.25) is 0 Å².